The minimum absolute atomic E-state index is 0.219. The van der Waals surface area contributed by atoms with Crippen LogP contribution in [0.1, 0.15) is 5.82 Å². The van der Waals surface area contributed by atoms with Crippen LogP contribution in [0.5, 0.6) is 0 Å². The first-order valence-corrected chi connectivity index (χ1v) is 3.46. The molecule has 0 aliphatic carbocycles. The summed E-state index contributed by atoms with van der Waals surface area (Å²) in [5, 5.41) is 9.24. The van der Waals surface area contributed by atoms with Crippen molar-refractivity contribution in [2.24, 2.45) is 0 Å². The standard InChI is InChI=1S/C8H5N3O/c9-3-1-7-10-5-6-2-4-12-8(6)11-7/h2,4-5H,1H2. The third kappa shape index (κ3) is 1.01. The fourth-order valence-corrected chi connectivity index (χ4v) is 0.946. The highest BCUT2D eigenvalue weighted by molar-refractivity contribution is 5.71. The smallest absolute Gasteiger partial charge is 0.229 e. The van der Waals surface area contributed by atoms with Crippen molar-refractivity contribution in [3.63, 3.8) is 0 Å². The van der Waals surface area contributed by atoms with E-state index in [0.717, 1.165) is 5.39 Å². The first-order valence-electron chi connectivity index (χ1n) is 3.46. The summed E-state index contributed by atoms with van der Waals surface area (Å²) >= 11 is 0. The average molecular weight is 159 g/mol. The van der Waals surface area contributed by atoms with Crippen LogP contribution < -0.4 is 0 Å². The predicted octanol–water partition coefficient (Wildman–Crippen LogP) is 1.29. The molecule has 2 heterocycles. The Balaban J connectivity index is 2.54. The molecule has 0 amide bonds. The monoisotopic (exact) mass is 159 g/mol. The molecule has 4 heteroatoms. The zero-order chi connectivity index (χ0) is 8.39. The molecule has 12 heavy (non-hydrogen) atoms. The molecule has 0 N–H and O–H groups in total. The van der Waals surface area contributed by atoms with Crippen molar-refractivity contribution < 1.29 is 4.42 Å². The van der Waals surface area contributed by atoms with Crippen LogP contribution >= 0.6 is 0 Å². The van der Waals surface area contributed by atoms with Crippen molar-refractivity contribution in [1.29, 1.82) is 5.26 Å². The van der Waals surface area contributed by atoms with E-state index in [1.165, 1.54) is 0 Å². The third-order valence-electron chi connectivity index (χ3n) is 1.49. The maximum Gasteiger partial charge on any atom is 0.229 e. The molecule has 2 aromatic rings. The molecule has 2 rings (SSSR count). The molecular formula is C8H5N3O. The highest BCUT2D eigenvalue weighted by Gasteiger charge is 2.00. The zero-order valence-corrected chi connectivity index (χ0v) is 6.19. The Labute approximate surface area is 68.5 Å². The van der Waals surface area contributed by atoms with Crippen molar-refractivity contribution in [3.05, 3.63) is 24.4 Å². The van der Waals surface area contributed by atoms with Crippen LogP contribution in [0.2, 0.25) is 0 Å². The summed E-state index contributed by atoms with van der Waals surface area (Å²) in [6.45, 7) is 0. The molecule has 0 spiro atoms. The van der Waals surface area contributed by atoms with Crippen LogP contribution in [-0.2, 0) is 6.42 Å². The lowest BCUT2D eigenvalue weighted by atomic mass is 10.4. The first kappa shape index (κ1) is 6.80. The minimum atomic E-state index is 0.219. The van der Waals surface area contributed by atoms with E-state index in [2.05, 4.69) is 9.97 Å². The van der Waals surface area contributed by atoms with Gasteiger partial charge in [0.05, 0.1) is 24.1 Å². The highest BCUT2D eigenvalue weighted by Crippen LogP contribution is 2.10. The average Bonchev–Trinajstić information content (AvgIpc) is 2.51. The van der Waals surface area contributed by atoms with E-state index in [4.69, 9.17) is 9.68 Å². The lowest BCUT2D eigenvalue weighted by Crippen LogP contribution is -1.91. The van der Waals surface area contributed by atoms with Gasteiger partial charge in [0.25, 0.3) is 0 Å². The molecule has 0 radical (unpaired) electrons. The molecular weight excluding hydrogens is 154 g/mol. The number of furan rings is 1. The number of hydrogen-bond donors (Lipinski definition) is 0. The van der Waals surface area contributed by atoms with Crippen molar-refractivity contribution in [2.75, 3.05) is 0 Å². The molecule has 0 unspecified atom stereocenters. The lowest BCUT2D eigenvalue weighted by Gasteiger charge is -1.90. The molecule has 0 saturated carbocycles. The number of nitrogens with zero attached hydrogens (tertiary/aromatic N) is 3. The maximum absolute atomic E-state index is 8.38. The van der Waals surface area contributed by atoms with Crippen molar-refractivity contribution in [2.45, 2.75) is 6.42 Å². The molecule has 0 aromatic carbocycles. The van der Waals surface area contributed by atoms with E-state index in [0.29, 0.717) is 11.5 Å². The Bertz CT molecular complexity index is 441. The van der Waals surface area contributed by atoms with Gasteiger partial charge < -0.3 is 4.42 Å². The van der Waals surface area contributed by atoms with E-state index in [9.17, 15) is 0 Å². The van der Waals surface area contributed by atoms with Gasteiger partial charge in [-0.1, -0.05) is 0 Å². The SMILES string of the molecule is N#CCc1ncc2ccoc2n1. The van der Waals surface area contributed by atoms with E-state index >= 15 is 0 Å². The fourth-order valence-electron chi connectivity index (χ4n) is 0.946. The molecule has 58 valence electrons. The van der Waals surface area contributed by atoms with Crippen LogP contribution in [0.4, 0.5) is 0 Å². The number of aromatic nitrogens is 2. The van der Waals surface area contributed by atoms with Gasteiger partial charge in [0.1, 0.15) is 5.82 Å². The number of fused-ring (bicyclic) bond motifs is 1. The second-order valence-electron chi connectivity index (χ2n) is 2.30. The van der Waals surface area contributed by atoms with E-state index in [1.807, 2.05) is 6.07 Å². The zero-order valence-electron chi connectivity index (χ0n) is 6.19. The van der Waals surface area contributed by atoms with Crippen LogP contribution in [0.25, 0.3) is 11.1 Å². The van der Waals surface area contributed by atoms with E-state index in [1.54, 1.807) is 18.5 Å². The molecule has 2 aromatic heterocycles. The van der Waals surface area contributed by atoms with Crippen molar-refractivity contribution in [3.8, 4) is 6.07 Å². The Morgan fingerprint density at radius 2 is 2.50 bits per heavy atom. The van der Waals surface area contributed by atoms with Crippen LogP contribution in [0.3, 0.4) is 0 Å². The summed E-state index contributed by atoms with van der Waals surface area (Å²) < 4.78 is 5.04. The van der Waals surface area contributed by atoms with Gasteiger partial charge in [0, 0.05) is 6.20 Å². The summed E-state index contributed by atoms with van der Waals surface area (Å²) in [5.74, 6) is 0.500. The van der Waals surface area contributed by atoms with E-state index in [-0.39, 0.29) is 6.42 Å². The Morgan fingerprint density at radius 3 is 3.33 bits per heavy atom. The van der Waals surface area contributed by atoms with Crippen molar-refractivity contribution >= 4 is 11.1 Å². The maximum atomic E-state index is 8.38. The molecule has 4 nitrogen and oxygen atoms in total. The minimum Gasteiger partial charge on any atom is -0.446 e. The van der Waals surface area contributed by atoms with Gasteiger partial charge in [-0.05, 0) is 6.07 Å². The molecule has 0 aliphatic rings. The summed E-state index contributed by atoms with van der Waals surface area (Å²) in [6, 6.07) is 3.76. The molecule has 0 bridgehead atoms. The summed E-state index contributed by atoms with van der Waals surface area (Å²) in [6.07, 6.45) is 3.42. The normalized spacial score (nSPS) is 9.92. The second-order valence-corrected chi connectivity index (χ2v) is 2.30. The predicted molar refractivity (Wildman–Crippen MR) is 41.1 cm³/mol. The lowest BCUT2D eigenvalue weighted by molar-refractivity contribution is 0.600. The number of nitriles is 1. The fraction of sp³-hybridized carbons (Fsp3) is 0.125. The van der Waals surface area contributed by atoms with Gasteiger partial charge in [0.2, 0.25) is 5.71 Å². The Kier molecular flexibility index (Phi) is 1.49. The van der Waals surface area contributed by atoms with Gasteiger partial charge in [-0.15, -0.1) is 0 Å². The van der Waals surface area contributed by atoms with Gasteiger partial charge in [-0.2, -0.15) is 10.2 Å². The second kappa shape index (κ2) is 2.62. The largest absolute Gasteiger partial charge is 0.446 e. The Hall–Kier alpha value is -1.89. The third-order valence-corrected chi connectivity index (χ3v) is 1.49. The van der Waals surface area contributed by atoms with Crippen molar-refractivity contribution in [1.82, 2.24) is 9.97 Å². The molecule has 0 atom stereocenters. The quantitative estimate of drug-likeness (QED) is 0.628. The number of hydrogen-bond acceptors (Lipinski definition) is 4. The van der Waals surface area contributed by atoms with Crippen LogP contribution in [0, 0.1) is 11.3 Å². The van der Waals surface area contributed by atoms with Gasteiger partial charge in [-0.25, -0.2) is 4.98 Å². The molecule has 0 saturated heterocycles. The number of rotatable bonds is 1. The van der Waals surface area contributed by atoms with Gasteiger partial charge in [0.15, 0.2) is 0 Å². The molecule has 0 fully saturated rings. The topological polar surface area (TPSA) is 62.7 Å². The van der Waals surface area contributed by atoms with Crippen LogP contribution in [0.15, 0.2) is 22.9 Å². The highest BCUT2D eigenvalue weighted by atomic mass is 16.3. The molecule has 0 aliphatic heterocycles. The van der Waals surface area contributed by atoms with Gasteiger partial charge in [-0.3, -0.25) is 0 Å². The van der Waals surface area contributed by atoms with Crippen LogP contribution in [-0.4, -0.2) is 9.97 Å². The first-order chi connectivity index (χ1) is 5.90. The summed E-state index contributed by atoms with van der Waals surface area (Å²) in [7, 11) is 0. The van der Waals surface area contributed by atoms with E-state index < -0.39 is 0 Å². The Morgan fingerprint density at radius 1 is 1.58 bits per heavy atom. The summed E-state index contributed by atoms with van der Waals surface area (Å²) in [4.78, 5) is 8.00. The van der Waals surface area contributed by atoms with Gasteiger partial charge >= 0.3 is 0 Å². The summed E-state index contributed by atoms with van der Waals surface area (Å²) in [5.41, 5.74) is 0.537.